The molecule has 0 unspecified atom stereocenters. The molecular formula is C13H20BrN3O. The SMILES string of the molecule is CCCNC(=O)CN(C)Cc1c(N)cccc1Br. The molecule has 0 saturated carbocycles. The maximum absolute atomic E-state index is 11.6. The van der Waals surface area contributed by atoms with Crippen LogP contribution in [0.1, 0.15) is 18.9 Å². The minimum atomic E-state index is 0.0463. The third-order valence-corrected chi connectivity index (χ3v) is 3.31. The molecule has 0 spiro atoms. The Morgan fingerprint density at radius 2 is 2.22 bits per heavy atom. The van der Waals surface area contributed by atoms with Crippen LogP contribution in [-0.4, -0.2) is 30.9 Å². The molecule has 100 valence electrons. The van der Waals surface area contributed by atoms with Crippen LogP contribution in [0.4, 0.5) is 5.69 Å². The Bertz CT molecular complexity index is 389. The molecule has 3 N–H and O–H groups in total. The second kappa shape index (κ2) is 7.38. The molecule has 0 bridgehead atoms. The first-order chi connectivity index (χ1) is 8.54. The lowest BCUT2D eigenvalue weighted by Gasteiger charge is -2.18. The molecule has 18 heavy (non-hydrogen) atoms. The van der Waals surface area contributed by atoms with E-state index in [2.05, 4.69) is 21.2 Å². The number of benzene rings is 1. The lowest BCUT2D eigenvalue weighted by atomic mass is 10.1. The van der Waals surface area contributed by atoms with E-state index >= 15 is 0 Å². The van der Waals surface area contributed by atoms with Crippen molar-refractivity contribution in [2.75, 3.05) is 25.9 Å². The summed E-state index contributed by atoms with van der Waals surface area (Å²) in [7, 11) is 1.91. The lowest BCUT2D eigenvalue weighted by Crippen LogP contribution is -2.35. The Labute approximate surface area is 117 Å². The van der Waals surface area contributed by atoms with E-state index in [9.17, 15) is 4.79 Å². The van der Waals surface area contributed by atoms with Crippen molar-refractivity contribution in [3.8, 4) is 0 Å². The van der Waals surface area contributed by atoms with Crippen LogP contribution in [0.5, 0.6) is 0 Å². The fourth-order valence-electron chi connectivity index (χ4n) is 1.63. The van der Waals surface area contributed by atoms with Crippen molar-refractivity contribution in [3.63, 3.8) is 0 Å². The van der Waals surface area contributed by atoms with E-state index in [0.717, 1.165) is 28.7 Å². The Balaban J connectivity index is 2.54. The van der Waals surface area contributed by atoms with Crippen LogP contribution >= 0.6 is 15.9 Å². The van der Waals surface area contributed by atoms with Crippen LogP contribution in [0.3, 0.4) is 0 Å². The lowest BCUT2D eigenvalue weighted by molar-refractivity contribution is -0.122. The summed E-state index contributed by atoms with van der Waals surface area (Å²) < 4.78 is 0.975. The third-order valence-electron chi connectivity index (χ3n) is 2.57. The number of anilines is 1. The zero-order chi connectivity index (χ0) is 13.5. The van der Waals surface area contributed by atoms with Gasteiger partial charge in [0, 0.05) is 28.8 Å². The number of carbonyl (C=O) groups is 1. The van der Waals surface area contributed by atoms with Gasteiger partial charge in [0.15, 0.2) is 0 Å². The molecule has 1 rings (SSSR count). The van der Waals surface area contributed by atoms with E-state index in [1.165, 1.54) is 0 Å². The molecule has 5 heteroatoms. The summed E-state index contributed by atoms with van der Waals surface area (Å²) in [5.41, 5.74) is 7.68. The number of likely N-dealkylation sites (N-methyl/N-ethyl adjacent to an activating group) is 1. The summed E-state index contributed by atoms with van der Waals surface area (Å²) in [5.74, 6) is 0.0463. The van der Waals surface area contributed by atoms with Gasteiger partial charge in [0.25, 0.3) is 0 Å². The minimum Gasteiger partial charge on any atom is -0.398 e. The van der Waals surface area contributed by atoms with Gasteiger partial charge in [0.05, 0.1) is 6.54 Å². The van der Waals surface area contributed by atoms with Crippen molar-refractivity contribution in [2.24, 2.45) is 0 Å². The van der Waals surface area contributed by atoms with Crippen molar-refractivity contribution in [1.82, 2.24) is 10.2 Å². The zero-order valence-corrected chi connectivity index (χ0v) is 12.5. The molecule has 0 aliphatic carbocycles. The van der Waals surface area contributed by atoms with Gasteiger partial charge in [-0.25, -0.2) is 0 Å². The zero-order valence-electron chi connectivity index (χ0n) is 10.9. The Hall–Kier alpha value is -1.07. The van der Waals surface area contributed by atoms with Gasteiger partial charge in [-0.15, -0.1) is 0 Å². The number of hydrogen-bond acceptors (Lipinski definition) is 3. The van der Waals surface area contributed by atoms with Crippen LogP contribution in [-0.2, 0) is 11.3 Å². The van der Waals surface area contributed by atoms with E-state index in [4.69, 9.17) is 5.73 Å². The summed E-state index contributed by atoms with van der Waals surface area (Å²) in [6.07, 6.45) is 0.951. The largest absolute Gasteiger partial charge is 0.398 e. The number of carbonyl (C=O) groups excluding carboxylic acids is 1. The monoisotopic (exact) mass is 313 g/mol. The van der Waals surface area contributed by atoms with Gasteiger partial charge in [-0.3, -0.25) is 9.69 Å². The topological polar surface area (TPSA) is 58.4 Å². The number of nitrogens with two attached hydrogens (primary N) is 1. The summed E-state index contributed by atoms with van der Waals surface area (Å²) in [6, 6.07) is 5.72. The van der Waals surface area contributed by atoms with E-state index in [0.29, 0.717) is 13.1 Å². The van der Waals surface area contributed by atoms with Crippen molar-refractivity contribution < 1.29 is 4.79 Å². The van der Waals surface area contributed by atoms with E-state index in [1.807, 2.05) is 37.1 Å². The average Bonchev–Trinajstić information content (AvgIpc) is 2.31. The quantitative estimate of drug-likeness (QED) is 0.790. The van der Waals surface area contributed by atoms with Crippen molar-refractivity contribution >= 4 is 27.5 Å². The molecule has 1 aromatic carbocycles. The van der Waals surface area contributed by atoms with Crippen LogP contribution < -0.4 is 11.1 Å². The van der Waals surface area contributed by atoms with E-state index < -0.39 is 0 Å². The van der Waals surface area contributed by atoms with Crippen molar-refractivity contribution in [2.45, 2.75) is 19.9 Å². The van der Waals surface area contributed by atoms with E-state index in [1.54, 1.807) is 0 Å². The van der Waals surface area contributed by atoms with Gasteiger partial charge in [-0.05, 0) is 25.6 Å². The Morgan fingerprint density at radius 3 is 2.83 bits per heavy atom. The molecule has 1 aromatic rings. The molecular weight excluding hydrogens is 294 g/mol. The number of hydrogen-bond donors (Lipinski definition) is 2. The minimum absolute atomic E-state index is 0.0463. The first kappa shape index (κ1) is 15.0. The second-order valence-electron chi connectivity index (χ2n) is 4.33. The highest BCUT2D eigenvalue weighted by atomic mass is 79.9. The van der Waals surface area contributed by atoms with Crippen molar-refractivity contribution in [1.29, 1.82) is 0 Å². The smallest absolute Gasteiger partial charge is 0.234 e. The van der Waals surface area contributed by atoms with Gasteiger partial charge in [0.1, 0.15) is 0 Å². The molecule has 0 aliphatic heterocycles. The Kier molecular flexibility index (Phi) is 6.15. The van der Waals surface area contributed by atoms with Crippen LogP contribution in [0.2, 0.25) is 0 Å². The highest BCUT2D eigenvalue weighted by Crippen LogP contribution is 2.23. The van der Waals surface area contributed by atoms with Crippen LogP contribution in [0, 0.1) is 0 Å². The molecule has 0 heterocycles. The fraction of sp³-hybridized carbons (Fsp3) is 0.462. The molecule has 1 amide bonds. The highest BCUT2D eigenvalue weighted by Gasteiger charge is 2.10. The molecule has 0 aromatic heterocycles. The number of nitrogens with one attached hydrogen (secondary N) is 1. The number of halogens is 1. The molecule has 0 fully saturated rings. The number of nitrogens with zero attached hydrogens (tertiary/aromatic N) is 1. The summed E-state index contributed by atoms with van der Waals surface area (Å²) in [4.78, 5) is 13.5. The van der Waals surface area contributed by atoms with Crippen LogP contribution in [0.15, 0.2) is 22.7 Å². The van der Waals surface area contributed by atoms with Gasteiger partial charge in [-0.1, -0.05) is 28.9 Å². The number of amides is 1. The molecule has 0 saturated heterocycles. The number of rotatable bonds is 6. The maximum atomic E-state index is 11.6. The maximum Gasteiger partial charge on any atom is 0.234 e. The van der Waals surface area contributed by atoms with E-state index in [-0.39, 0.29) is 5.91 Å². The average molecular weight is 314 g/mol. The highest BCUT2D eigenvalue weighted by molar-refractivity contribution is 9.10. The summed E-state index contributed by atoms with van der Waals surface area (Å²) in [5, 5.41) is 2.85. The van der Waals surface area contributed by atoms with Crippen LogP contribution in [0.25, 0.3) is 0 Å². The first-order valence-electron chi connectivity index (χ1n) is 6.02. The third kappa shape index (κ3) is 4.66. The summed E-state index contributed by atoms with van der Waals surface area (Å²) >= 11 is 3.48. The fourth-order valence-corrected chi connectivity index (χ4v) is 2.14. The molecule has 4 nitrogen and oxygen atoms in total. The molecule has 0 aliphatic rings. The number of nitrogen functional groups attached to an aromatic ring is 1. The molecule has 0 radical (unpaired) electrons. The van der Waals surface area contributed by atoms with Gasteiger partial charge < -0.3 is 11.1 Å². The predicted octanol–water partition coefficient (Wildman–Crippen LogP) is 1.99. The first-order valence-corrected chi connectivity index (χ1v) is 6.82. The predicted molar refractivity (Wildman–Crippen MR) is 78.2 cm³/mol. The molecule has 0 atom stereocenters. The second-order valence-corrected chi connectivity index (χ2v) is 5.18. The Morgan fingerprint density at radius 1 is 1.50 bits per heavy atom. The van der Waals surface area contributed by atoms with Gasteiger partial charge in [-0.2, -0.15) is 0 Å². The summed E-state index contributed by atoms with van der Waals surface area (Å²) in [6.45, 7) is 3.78. The van der Waals surface area contributed by atoms with Gasteiger partial charge >= 0.3 is 0 Å². The van der Waals surface area contributed by atoms with Gasteiger partial charge in [0.2, 0.25) is 5.91 Å². The normalized spacial score (nSPS) is 10.7. The standard InChI is InChI=1S/C13H20BrN3O/c1-3-7-16-13(18)9-17(2)8-10-11(14)5-4-6-12(10)15/h4-6H,3,7-9,15H2,1-2H3,(H,16,18). The van der Waals surface area contributed by atoms with Crippen molar-refractivity contribution in [3.05, 3.63) is 28.2 Å².